The smallest absolute Gasteiger partial charge is 0.262 e. The molecule has 3 aromatic rings. The molecule has 1 heterocycles. The quantitative estimate of drug-likeness (QED) is 0.642. The van der Waals surface area contributed by atoms with Gasteiger partial charge in [0.25, 0.3) is 10.0 Å². The molecule has 1 atom stereocenters. The summed E-state index contributed by atoms with van der Waals surface area (Å²) in [5.74, 6) is 0.144. The van der Waals surface area contributed by atoms with Crippen LogP contribution in [0.5, 0.6) is 0 Å². The van der Waals surface area contributed by atoms with Gasteiger partial charge in [-0.2, -0.15) is 0 Å². The van der Waals surface area contributed by atoms with Gasteiger partial charge in [0.15, 0.2) is 5.17 Å². The monoisotopic (exact) mass is 429 g/mol. The number of hydrogen-bond acceptors (Lipinski definition) is 5. The Labute approximate surface area is 173 Å². The fraction of sp³-hybridized carbons (Fsp3) is 0.190. The number of thioether (sulfide) groups is 1. The second-order valence-corrected chi connectivity index (χ2v) is 9.93. The van der Waals surface area contributed by atoms with Crippen LogP contribution >= 0.6 is 11.8 Å². The Morgan fingerprint density at radius 1 is 1.10 bits per heavy atom. The summed E-state index contributed by atoms with van der Waals surface area (Å²) in [6, 6.07) is 16.6. The lowest BCUT2D eigenvalue weighted by Gasteiger charge is -2.30. The van der Waals surface area contributed by atoms with Crippen LogP contribution < -0.4 is 10.5 Å². The van der Waals surface area contributed by atoms with E-state index in [2.05, 4.69) is 9.71 Å². The standard InChI is InChI=1S/C21H20FN3O2S2/c1-21(10-11-28-20(23)24-21)16-7-9-18(22)19(13-16)25-29(26,27)17-8-6-14-4-2-3-5-15(14)12-17/h2-9,12-13,25H,10-11H2,1H3,(H2,23,24). The molecule has 150 valence electrons. The van der Waals surface area contributed by atoms with Crippen molar-refractivity contribution in [3.63, 3.8) is 0 Å². The molecule has 1 unspecified atom stereocenters. The molecule has 4 rings (SSSR count). The molecule has 0 saturated heterocycles. The highest BCUT2D eigenvalue weighted by Crippen LogP contribution is 2.37. The molecule has 1 aliphatic heterocycles. The maximum atomic E-state index is 14.4. The Kier molecular flexibility index (Phi) is 5.00. The van der Waals surface area contributed by atoms with Crippen molar-refractivity contribution >= 4 is 43.4 Å². The molecular formula is C21H20FN3O2S2. The first-order valence-corrected chi connectivity index (χ1v) is 11.5. The number of nitrogens with two attached hydrogens (primary N) is 1. The van der Waals surface area contributed by atoms with Gasteiger partial charge in [-0.1, -0.05) is 48.2 Å². The number of fused-ring (bicyclic) bond motifs is 1. The summed E-state index contributed by atoms with van der Waals surface area (Å²) >= 11 is 1.47. The third-order valence-electron chi connectivity index (χ3n) is 5.06. The average Bonchev–Trinajstić information content (AvgIpc) is 2.69. The van der Waals surface area contributed by atoms with Crippen LogP contribution in [0.2, 0.25) is 0 Å². The molecule has 3 N–H and O–H groups in total. The number of amidine groups is 1. The lowest BCUT2D eigenvalue weighted by Crippen LogP contribution is -2.29. The van der Waals surface area contributed by atoms with Gasteiger partial charge in [0.05, 0.1) is 16.1 Å². The van der Waals surface area contributed by atoms with Crippen LogP contribution in [-0.4, -0.2) is 19.3 Å². The first-order valence-electron chi connectivity index (χ1n) is 9.07. The molecule has 0 aromatic heterocycles. The molecule has 29 heavy (non-hydrogen) atoms. The molecule has 0 amide bonds. The van der Waals surface area contributed by atoms with E-state index in [9.17, 15) is 12.8 Å². The zero-order valence-electron chi connectivity index (χ0n) is 15.7. The van der Waals surface area contributed by atoms with Gasteiger partial charge in [-0.15, -0.1) is 0 Å². The van der Waals surface area contributed by atoms with E-state index in [0.29, 0.717) is 10.7 Å². The van der Waals surface area contributed by atoms with E-state index in [4.69, 9.17) is 5.73 Å². The Morgan fingerprint density at radius 3 is 2.62 bits per heavy atom. The molecule has 5 nitrogen and oxygen atoms in total. The number of sulfonamides is 1. The van der Waals surface area contributed by atoms with Crippen molar-refractivity contribution in [3.05, 3.63) is 72.0 Å². The molecule has 8 heteroatoms. The number of hydrogen-bond donors (Lipinski definition) is 2. The van der Waals surface area contributed by atoms with E-state index in [-0.39, 0.29) is 10.6 Å². The zero-order valence-corrected chi connectivity index (χ0v) is 17.4. The number of halogens is 1. The number of nitrogens with one attached hydrogen (secondary N) is 1. The summed E-state index contributed by atoms with van der Waals surface area (Å²) in [7, 11) is -3.96. The van der Waals surface area contributed by atoms with Crippen molar-refractivity contribution < 1.29 is 12.8 Å². The average molecular weight is 430 g/mol. The minimum absolute atomic E-state index is 0.0727. The van der Waals surface area contributed by atoms with Crippen LogP contribution in [0.3, 0.4) is 0 Å². The molecular weight excluding hydrogens is 409 g/mol. The predicted molar refractivity (Wildman–Crippen MR) is 117 cm³/mol. The first kappa shape index (κ1) is 19.7. The van der Waals surface area contributed by atoms with Crippen molar-refractivity contribution in [2.45, 2.75) is 23.8 Å². The number of rotatable bonds is 4. The van der Waals surface area contributed by atoms with Crippen molar-refractivity contribution in [2.75, 3.05) is 10.5 Å². The van der Waals surface area contributed by atoms with Crippen molar-refractivity contribution in [2.24, 2.45) is 10.7 Å². The van der Waals surface area contributed by atoms with Crippen LogP contribution in [0.15, 0.2) is 70.6 Å². The van der Waals surface area contributed by atoms with Gasteiger partial charge in [0.1, 0.15) is 5.82 Å². The fourth-order valence-corrected chi connectivity index (χ4v) is 5.44. The summed E-state index contributed by atoms with van der Waals surface area (Å²) in [6.07, 6.45) is 0.723. The lowest BCUT2D eigenvalue weighted by molar-refractivity contribution is 0.481. The molecule has 0 fully saturated rings. The Bertz CT molecular complexity index is 1230. The van der Waals surface area contributed by atoms with E-state index in [1.807, 2.05) is 31.2 Å². The van der Waals surface area contributed by atoms with Crippen molar-refractivity contribution in [3.8, 4) is 0 Å². The van der Waals surface area contributed by atoms with Gasteiger partial charge in [0, 0.05) is 5.75 Å². The highest BCUT2D eigenvalue weighted by molar-refractivity contribution is 8.13. The lowest BCUT2D eigenvalue weighted by atomic mass is 9.89. The summed E-state index contributed by atoms with van der Waals surface area (Å²) in [5.41, 5.74) is 5.85. The zero-order chi connectivity index (χ0) is 20.6. The second-order valence-electron chi connectivity index (χ2n) is 7.13. The molecule has 0 spiro atoms. The van der Waals surface area contributed by atoms with Gasteiger partial charge < -0.3 is 5.73 Å². The highest BCUT2D eigenvalue weighted by Gasteiger charge is 2.30. The predicted octanol–water partition coefficient (Wildman–Crippen LogP) is 4.45. The Hall–Kier alpha value is -2.58. The van der Waals surface area contributed by atoms with Crippen LogP contribution in [-0.2, 0) is 15.6 Å². The summed E-state index contributed by atoms with van der Waals surface area (Å²) < 4.78 is 42.6. The van der Waals surface area contributed by atoms with E-state index in [0.717, 1.165) is 22.9 Å². The Morgan fingerprint density at radius 2 is 1.86 bits per heavy atom. The van der Waals surface area contributed by atoms with Crippen molar-refractivity contribution in [1.82, 2.24) is 0 Å². The third kappa shape index (κ3) is 3.95. The van der Waals surface area contributed by atoms with Gasteiger partial charge in [-0.05, 0) is 53.9 Å². The van der Waals surface area contributed by atoms with E-state index >= 15 is 0 Å². The van der Waals surface area contributed by atoms with Crippen molar-refractivity contribution in [1.29, 1.82) is 0 Å². The van der Waals surface area contributed by atoms with Gasteiger partial charge in [0.2, 0.25) is 0 Å². The number of benzene rings is 3. The van der Waals surface area contributed by atoms with Crippen LogP contribution in [0, 0.1) is 5.82 Å². The number of anilines is 1. The maximum Gasteiger partial charge on any atom is 0.262 e. The number of nitrogens with zero attached hydrogens (tertiary/aromatic N) is 1. The summed E-state index contributed by atoms with van der Waals surface area (Å²) in [6.45, 7) is 1.91. The minimum atomic E-state index is -3.96. The van der Waals surface area contributed by atoms with Gasteiger partial charge in [-0.25, -0.2) is 12.8 Å². The Balaban J connectivity index is 1.70. The first-order chi connectivity index (χ1) is 13.8. The molecule has 0 radical (unpaired) electrons. The fourth-order valence-electron chi connectivity index (χ4n) is 3.37. The third-order valence-corrected chi connectivity index (χ3v) is 7.22. The van der Waals surface area contributed by atoms with Crippen LogP contribution in [0.1, 0.15) is 18.9 Å². The topological polar surface area (TPSA) is 84.5 Å². The maximum absolute atomic E-state index is 14.4. The van der Waals surface area contributed by atoms with E-state index < -0.39 is 21.4 Å². The normalized spacial score (nSPS) is 19.7. The summed E-state index contributed by atoms with van der Waals surface area (Å²) in [5, 5.41) is 2.20. The minimum Gasteiger partial charge on any atom is -0.379 e. The van der Waals surface area contributed by atoms with Crippen LogP contribution in [0.25, 0.3) is 10.8 Å². The van der Waals surface area contributed by atoms with Gasteiger partial charge >= 0.3 is 0 Å². The SMILES string of the molecule is CC1(c2ccc(F)c(NS(=O)(=O)c3ccc4ccccc4c3)c2)CCSC(N)=N1. The molecule has 3 aromatic carbocycles. The largest absolute Gasteiger partial charge is 0.379 e. The molecule has 0 saturated carbocycles. The molecule has 1 aliphatic rings. The van der Waals surface area contributed by atoms with E-state index in [1.165, 1.54) is 30.0 Å². The van der Waals surface area contributed by atoms with E-state index in [1.54, 1.807) is 18.2 Å². The molecule has 0 aliphatic carbocycles. The number of aliphatic imine (C=N–C) groups is 1. The molecule has 0 bridgehead atoms. The second kappa shape index (κ2) is 7.35. The van der Waals surface area contributed by atoms with Gasteiger partial charge in [-0.3, -0.25) is 9.71 Å². The highest BCUT2D eigenvalue weighted by atomic mass is 32.2. The summed E-state index contributed by atoms with van der Waals surface area (Å²) in [4.78, 5) is 4.57. The van der Waals surface area contributed by atoms with Crippen LogP contribution in [0.4, 0.5) is 10.1 Å².